The van der Waals surface area contributed by atoms with Crippen LogP contribution in [-0.4, -0.2) is 43.6 Å². The number of nitrogen functional groups attached to an aromatic ring is 1. The standard InChI is InChI=1S/C19H21N3O2/c20-15-6-7-16-17(12-15)24-18(23)19(16,14-4-2-1-3-5-14)13-22-10-8-21-9-11-22/h1-7,12,21H,8-11,13,20H2. The number of nitrogens with zero attached hydrogens (tertiary/aromatic N) is 1. The Morgan fingerprint density at radius 2 is 1.88 bits per heavy atom. The minimum absolute atomic E-state index is 0.215. The first-order chi connectivity index (χ1) is 11.7. The van der Waals surface area contributed by atoms with Gasteiger partial charge >= 0.3 is 5.97 Å². The van der Waals surface area contributed by atoms with Crippen LogP contribution in [0.2, 0.25) is 0 Å². The van der Waals surface area contributed by atoms with Gasteiger partial charge in [0.25, 0.3) is 0 Å². The molecule has 1 atom stereocenters. The Labute approximate surface area is 141 Å². The van der Waals surface area contributed by atoms with Crippen molar-refractivity contribution in [1.29, 1.82) is 0 Å². The first-order valence-corrected chi connectivity index (χ1v) is 8.31. The number of piperazine rings is 1. The Bertz CT molecular complexity index is 756. The number of rotatable bonds is 3. The highest BCUT2D eigenvalue weighted by Crippen LogP contribution is 2.45. The summed E-state index contributed by atoms with van der Waals surface area (Å²) < 4.78 is 5.64. The lowest BCUT2D eigenvalue weighted by Gasteiger charge is -2.35. The summed E-state index contributed by atoms with van der Waals surface area (Å²) in [4.78, 5) is 15.4. The summed E-state index contributed by atoms with van der Waals surface area (Å²) in [5.41, 5.74) is 7.57. The van der Waals surface area contributed by atoms with E-state index in [-0.39, 0.29) is 5.97 Å². The van der Waals surface area contributed by atoms with E-state index in [0.29, 0.717) is 18.0 Å². The number of benzene rings is 2. The number of carbonyl (C=O) groups excluding carboxylic acids is 1. The number of hydrogen-bond donors (Lipinski definition) is 2. The highest BCUT2D eigenvalue weighted by atomic mass is 16.5. The van der Waals surface area contributed by atoms with Gasteiger partial charge in [0.15, 0.2) is 0 Å². The molecule has 2 aromatic carbocycles. The van der Waals surface area contributed by atoms with E-state index in [1.807, 2.05) is 42.5 Å². The van der Waals surface area contributed by atoms with E-state index in [4.69, 9.17) is 10.5 Å². The second-order valence-electron chi connectivity index (χ2n) is 6.44. The maximum absolute atomic E-state index is 13.0. The van der Waals surface area contributed by atoms with E-state index in [0.717, 1.165) is 37.3 Å². The fourth-order valence-electron chi connectivity index (χ4n) is 3.71. The summed E-state index contributed by atoms with van der Waals surface area (Å²) >= 11 is 0. The summed E-state index contributed by atoms with van der Waals surface area (Å²) in [6, 6.07) is 15.4. The molecule has 0 radical (unpaired) electrons. The van der Waals surface area contributed by atoms with E-state index in [1.54, 1.807) is 6.07 Å². The zero-order valence-corrected chi connectivity index (χ0v) is 13.5. The highest BCUT2D eigenvalue weighted by Gasteiger charge is 2.51. The van der Waals surface area contributed by atoms with Crippen LogP contribution in [0.3, 0.4) is 0 Å². The molecule has 1 saturated heterocycles. The van der Waals surface area contributed by atoms with Gasteiger partial charge < -0.3 is 15.8 Å². The van der Waals surface area contributed by atoms with Gasteiger partial charge in [0, 0.05) is 50.0 Å². The Hall–Kier alpha value is -2.37. The van der Waals surface area contributed by atoms with Gasteiger partial charge in [-0.2, -0.15) is 0 Å². The van der Waals surface area contributed by atoms with Crippen molar-refractivity contribution >= 4 is 11.7 Å². The largest absolute Gasteiger partial charge is 0.425 e. The van der Waals surface area contributed by atoms with Crippen LogP contribution in [0, 0.1) is 0 Å². The van der Waals surface area contributed by atoms with E-state index in [1.165, 1.54) is 0 Å². The Morgan fingerprint density at radius 1 is 1.12 bits per heavy atom. The van der Waals surface area contributed by atoms with Crippen LogP contribution in [0.1, 0.15) is 11.1 Å². The van der Waals surface area contributed by atoms with Crippen molar-refractivity contribution in [3.63, 3.8) is 0 Å². The predicted molar refractivity (Wildman–Crippen MR) is 93.0 cm³/mol. The third-order valence-corrected chi connectivity index (χ3v) is 4.95. The quantitative estimate of drug-likeness (QED) is 0.507. The van der Waals surface area contributed by atoms with Crippen LogP contribution in [0.15, 0.2) is 48.5 Å². The minimum Gasteiger partial charge on any atom is -0.425 e. The number of esters is 1. The monoisotopic (exact) mass is 323 g/mol. The van der Waals surface area contributed by atoms with Crippen LogP contribution in [0.4, 0.5) is 5.69 Å². The Kier molecular flexibility index (Phi) is 3.75. The number of carbonyl (C=O) groups is 1. The number of nitrogens with two attached hydrogens (primary N) is 1. The molecule has 0 spiro atoms. The summed E-state index contributed by atoms with van der Waals surface area (Å²) in [6.45, 7) is 4.34. The zero-order chi connectivity index (χ0) is 16.6. The maximum atomic E-state index is 13.0. The van der Waals surface area contributed by atoms with Crippen LogP contribution in [-0.2, 0) is 10.2 Å². The molecule has 2 aliphatic rings. The first-order valence-electron chi connectivity index (χ1n) is 8.31. The Balaban J connectivity index is 1.84. The van der Waals surface area contributed by atoms with Crippen LogP contribution in [0.25, 0.3) is 0 Å². The first kappa shape index (κ1) is 15.2. The number of ether oxygens (including phenoxy) is 1. The average molecular weight is 323 g/mol. The topological polar surface area (TPSA) is 67.6 Å². The molecule has 5 nitrogen and oxygen atoms in total. The van der Waals surface area contributed by atoms with Crippen molar-refractivity contribution in [2.75, 3.05) is 38.5 Å². The smallest absolute Gasteiger partial charge is 0.327 e. The van der Waals surface area contributed by atoms with Crippen molar-refractivity contribution in [2.45, 2.75) is 5.41 Å². The third-order valence-electron chi connectivity index (χ3n) is 4.95. The number of nitrogens with one attached hydrogen (secondary N) is 1. The van der Waals surface area contributed by atoms with E-state index in [9.17, 15) is 4.79 Å². The molecule has 0 aliphatic carbocycles. The van der Waals surface area contributed by atoms with E-state index < -0.39 is 5.41 Å². The van der Waals surface area contributed by atoms with E-state index >= 15 is 0 Å². The Morgan fingerprint density at radius 3 is 2.62 bits per heavy atom. The van der Waals surface area contributed by atoms with E-state index in [2.05, 4.69) is 10.2 Å². The third kappa shape index (κ3) is 2.37. The van der Waals surface area contributed by atoms with Gasteiger partial charge in [-0.15, -0.1) is 0 Å². The van der Waals surface area contributed by atoms with Crippen LogP contribution < -0.4 is 15.8 Å². The number of fused-ring (bicyclic) bond motifs is 1. The molecule has 0 aromatic heterocycles. The minimum atomic E-state index is -0.790. The molecular formula is C19H21N3O2. The summed E-state index contributed by atoms with van der Waals surface area (Å²) in [7, 11) is 0. The molecule has 5 heteroatoms. The van der Waals surface area contributed by atoms with Crippen molar-refractivity contribution in [2.24, 2.45) is 0 Å². The van der Waals surface area contributed by atoms with Crippen molar-refractivity contribution in [3.05, 3.63) is 59.7 Å². The average Bonchev–Trinajstić information content (AvgIpc) is 2.88. The molecule has 1 fully saturated rings. The maximum Gasteiger partial charge on any atom is 0.327 e. The summed E-state index contributed by atoms with van der Waals surface area (Å²) in [5.74, 6) is 0.367. The van der Waals surface area contributed by atoms with Crippen LogP contribution in [0.5, 0.6) is 5.75 Å². The van der Waals surface area contributed by atoms with Gasteiger partial charge in [-0.3, -0.25) is 9.69 Å². The fourth-order valence-corrected chi connectivity index (χ4v) is 3.71. The second kappa shape index (κ2) is 5.92. The lowest BCUT2D eigenvalue weighted by Crippen LogP contribution is -2.52. The van der Waals surface area contributed by atoms with Crippen LogP contribution >= 0.6 is 0 Å². The normalized spacial score (nSPS) is 23.8. The van der Waals surface area contributed by atoms with Crippen molar-refractivity contribution < 1.29 is 9.53 Å². The fraction of sp³-hybridized carbons (Fsp3) is 0.316. The molecule has 2 heterocycles. The lowest BCUT2D eigenvalue weighted by atomic mass is 9.75. The van der Waals surface area contributed by atoms with Crippen molar-refractivity contribution in [1.82, 2.24) is 10.2 Å². The lowest BCUT2D eigenvalue weighted by molar-refractivity contribution is -0.137. The molecule has 1 unspecified atom stereocenters. The number of hydrogen-bond acceptors (Lipinski definition) is 5. The van der Waals surface area contributed by atoms with Crippen molar-refractivity contribution in [3.8, 4) is 5.75 Å². The molecule has 2 aromatic rings. The molecule has 24 heavy (non-hydrogen) atoms. The number of anilines is 1. The summed E-state index contributed by atoms with van der Waals surface area (Å²) in [5, 5.41) is 3.36. The van der Waals surface area contributed by atoms with Gasteiger partial charge in [0.1, 0.15) is 11.2 Å². The van der Waals surface area contributed by atoms with Gasteiger partial charge in [-0.05, 0) is 11.6 Å². The molecule has 2 aliphatic heterocycles. The predicted octanol–water partition coefficient (Wildman–Crippen LogP) is 1.38. The second-order valence-corrected chi connectivity index (χ2v) is 6.44. The molecular weight excluding hydrogens is 302 g/mol. The molecule has 124 valence electrons. The molecule has 0 amide bonds. The molecule has 4 rings (SSSR count). The summed E-state index contributed by atoms with van der Waals surface area (Å²) in [6.07, 6.45) is 0. The zero-order valence-electron chi connectivity index (χ0n) is 13.5. The molecule has 0 bridgehead atoms. The molecule has 0 saturated carbocycles. The van der Waals surface area contributed by atoms with Gasteiger partial charge in [0.05, 0.1) is 0 Å². The SMILES string of the molecule is Nc1ccc2c(c1)OC(=O)C2(CN1CCNCC1)c1ccccc1. The highest BCUT2D eigenvalue weighted by molar-refractivity contribution is 5.95. The molecule has 3 N–H and O–H groups in total. The van der Waals surface area contributed by atoms with Gasteiger partial charge in [0.2, 0.25) is 0 Å². The van der Waals surface area contributed by atoms with Gasteiger partial charge in [-0.25, -0.2) is 0 Å². The van der Waals surface area contributed by atoms with Gasteiger partial charge in [-0.1, -0.05) is 36.4 Å².